The van der Waals surface area contributed by atoms with Crippen molar-refractivity contribution in [2.24, 2.45) is 0 Å². The van der Waals surface area contributed by atoms with E-state index in [1.54, 1.807) is 6.26 Å². The maximum Gasteiger partial charge on any atom is 0.257 e. The molecule has 1 aromatic carbocycles. The SMILES string of the molecule is CNC1CCCN(C(=O)c2coc3ccccc23)C1.Cl. The van der Waals surface area contributed by atoms with Crippen LogP contribution in [0.2, 0.25) is 0 Å². The number of carbonyl (C=O) groups is 1. The molecular formula is C15H19ClN2O2. The van der Waals surface area contributed by atoms with Gasteiger partial charge in [0.2, 0.25) is 0 Å². The van der Waals surface area contributed by atoms with E-state index in [2.05, 4.69) is 5.32 Å². The van der Waals surface area contributed by atoms with Crippen molar-refractivity contribution in [2.45, 2.75) is 18.9 Å². The van der Waals surface area contributed by atoms with Crippen molar-refractivity contribution in [3.63, 3.8) is 0 Å². The summed E-state index contributed by atoms with van der Waals surface area (Å²) in [5.74, 6) is 0.0740. The zero-order valence-corrected chi connectivity index (χ0v) is 12.3. The third-order valence-corrected chi connectivity index (χ3v) is 3.83. The molecule has 108 valence electrons. The molecule has 0 bridgehead atoms. The fourth-order valence-corrected chi connectivity index (χ4v) is 2.71. The van der Waals surface area contributed by atoms with E-state index in [0.29, 0.717) is 11.6 Å². The zero-order chi connectivity index (χ0) is 13.2. The molecule has 2 aromatic rings. The largest absolute Gasteiger partial charge is 0.463 e. The number of carbonyl (C=O) groups excluding carboxylic acids is 1. The predicted octanol–water partition coefficient (Wildman–Crippen LogP) is 2.68. The van der Waals surface area contributed by atoms with Gasteiger partial charge in [0.1, 0.15) is 11.8 Å². The number of rotatable bonds is 2. The summed E-state index contributed by atoms with van der Waals surface area (Å²) in [6.45, 7) is 1.60. The average molecular weight is 295 g/mol. The van der Waals surface area contributed by atoms with Gasteiger partial charge in [0, 0.05) is 24.5 Å². The highest BCUT2D eigenvalue weighted by atomic mass is 35.5. The molecule has 0 saturated carbocycles. The quantitative estimate of drug-likeness (QED) is 0.926. The van der Waals surface area contributed by atoms with Gasteiger partial charge in [-0.1, -0.05) is 18.2 Å². The number of piperidine rings is 1. The molecule has 1 saturated heterocycles. The van der Waals surface area contributed by atoms with Gasteiger partial charge in [0.15, 0.2) is 0 Å². The molecule has 3 rings (SSSR count). The minimum absolute atomic E-state index is 0. The van der Waals surface area contributed by atoms with Crippen LogP contribution in [0.5, 0.6) is 0 Å². The van der Waals surface area contributed by atoms with Crippen LogP contribution in [0.3, 0.4) is 0 Å². The number of hydrogen-bond donors (Lipinski definition) is 1. The number of fused-ring (bicyclic) bond motifs is 1. The first kappa shape index (κ1) is 14.9. The topological polar surface area (TPSA) is 45.5 Å². The van der Waals surface area contributed by atoms with Gasteiger partial charge in [-0.05, 0) is 26.0 Å². The van der Waals surface area contributed by atoms with Crippen LogP contribution in [-0.4, -0.2) is 37.0 Å². The molecule has 1 atom stereocenters. The van der Waals surface area contributed by atoms with Gasteiger partial charge in [0.25, 0.3) is 5.91 Å². The van der Waals surface area contributed by atoms with Crippen LogP contribution >= 0.6 is 12.4 Å². The molecule has 2 heterocycles. The van der Waals surface area contributed by atoms with E-state index < -0.39 is 0 Å². The monoisotopic (exact) mass is 294 g/mol. The summed E-state index contributed by atoms with van der Waals surface area (Å²) in [4.78, 5) is 14.5. The number of nitrogens with zero attached hydrogens (tertiary/aromatic N) is 1. The molecular weight excluding hydrogens is 276 g/mol. The van der Waals surface area contributed by atoms with Crippen LogP contribution in [0.25, 0.3) is 11.0 Å². The molecule has 0 spiro atoms. The van der Waals surface area contributed by atoms with Crippen molar-refractivity contribution in [3.8, 4) is 0 Å². The molecule has 1 fully saturated rings. The van der Waals surface area contributed by atoms with Crippen LogP contribution in [0.15, 0.2) is 34.9 Å². The Balaban J connectivity index is 0.00000147. The van der Waals surface area contributed by atoms with Crippen molar-refractivity contribution >= 4 is 29.3 Å². The van der Waals surface area contributed by atoms with Crippen molar-refractivity contribution < 1.29 is 9.21 Å². The van der Waals surface area contributed by atoms with Crippen molar-refractivity contribution in [2.75, 3.05) is 20.1 Å². The molecule has 5 heteroatoms. The summed E-state index contributed by atoms with van der Waals surface area (Å²) in [6, 6.07) is 8.07. The maximum absolute atomic E-state index is 12.6. The Morgan fingerprint density at radius 2 is 2.20 bits per heavy atom. The van der Waals surface area contributed by atoms with Crippen molar-refractivity contribution in [1.29, 1.82) is 0 Å². The van der Waals surface area contributed by atoms with E-state index in [0.717, 1.165) is 36.9 Å². The van der Waals surface area contributed by atoms with Gasteiger partial charge >= 0.3 is 0 Å². The second-order valence-electron chi connectivity index (χ2n) is 5.02. The lowest BCUT2D eigenvalue weighted by molar-refractivity contribution is 0.0699. The number of benzene rings is 1. The number of likely N-dealkylation sites (tertiary alicyclic amines) is 1. The number of amides is 1. The van der Waals surface area contributed by atoms with E-state index in [1.165, 1.54) is 0 Å². The highest BCUT2D eigenvalue weighted by Gasteiger charge is 2.25. The van der Waals surface area contributed by atoms with Crippen molar-refractivity contribution in [1.82, 2.24) is 10.2 Å². The first-order chi connectivity index (χ1) is 9.29. The Hall–Kier alpha value is -1.52. The van der Waals surface area contributed by atoms with E-state index in [4.69, 9.17) is 4.42 Å². The lowest BCUT2D eigenvalue weighted by Crippen LogP contribution is -2.46. The summed E-state index contributed by atoms with van der Waals surface area (Å²) in [5.41, 5.74) is 1.44. The molecule has 1 aromatic heterocycles. The number of para-hydroxylation sites is 1. The van der Waals surface area contributed by atoms with Crippen LogP contribution in [0, 0.1) is 0 Å². The number of halogens is 1. The van der Waals surface area contributed by atoms with Crippen molar-refractivity contribution in [3.05, 3.63) is 36.1 Å². The normalized spacial score (nSPS) is 18.9. The Kier molecular flexibility index (Phi) is 4.68. The van der Waals surface area contributed by atoms with Gasteiger partial charge in [0.05, 0.1) is 5.56 Å². The number of furan rings is 1. The third-order valence-electron chi connectivity index (χ3n) is 3.83. The highest BCUT2D eigenvalue weighted by molar-refractivity contribution is 6.05. The smallest absolute Gasteiger partial charge is 0.257 e. The van der Waals surface area contributed by atoms with E-state index in [1.807, 2.05) is 36.2 Å². The molecule has 0 aliphatic carbocycles. The second kappa shape index (κ2) is 6.29. The van der Waals surface area contributed by atoms with Gasteiger partial charge in [-0.2, -0.15) is 0 Å². The van der Waals surface area contributed by atoms with Crippen LogP contribution in [0.4, 0.5) is 0 Å². The van der Waals surface area contributed by atoms with Crippen LogP contribution < -0.4 is 5.32 Å². The Morgan fingerprint density at radius 1 is 1.40 bits per heavy atom. The summed E-state index contributed by atoms with van der Waals surface area (Å²) < 4.78 is 5.45. The average Bonchev–Trinajstić information content (AvgIpc) is 2.90. The number of hydrogen-bond acceptors (Lipinski definition) is 3. The zero-order valence-electron chi connectivity index (χ0n) is 11.5. The fourth-order valence-electron chi connectivity index (χ4n) is 2.71. The lowest BCUT2D eigenvalue weighted by Gasteiger charge is -2.32. The van der Waals surface area contributed by atoms with E-state index in [9.17, 15) is 4.79 Å². The maximum atomic E-state index is 12.6. The Labute approximate surface area is 124 Å². The molecule has 1 amide bonds. The summed E-state index contributed by atoms with van der Waals surface area (Å²) in [7, 11) is 1.95. The highest BCUT2D eigenvalue weighted by Crippen LogP contribution is 2.23. The third kappa shape index (κ3) is 2.67. The van der Waals surface area contributed by atoms with Gasteiger partial charge < -0.3 is 14.6 Å². The molecule has 0 radical (unpaired) electrons. The number of likely N-dealkylation sites (N-methyl/N-ethyl adjacent to an activating group) is 1. The summed E-state index contributed by atoms with van der Waals surface area (Å²) in [6.07, 6.45) is 3.76. The molecule has 20 heavy (non-hydrogen) atoms. The van der Waals surface area contributed by atoms with Gasteiger partial charge in [-0.15, -0.1) is 12.4 Å². The molecule has 1 aliphatic rings. The van der Waals surface area contributed by atoms with Crippen LogP contribution in [0.1, 0.15) is 23.2 Å². The molecule has 4 nitrogen and oxygen atoms in total. The molecule has 1 aliphatic heterocycles. The Morgan fingerprint density at radius 3 is 3.00 bits per heavy atom. The molecule has 1 unspecified atom stereocenters. The number of nitrogens with one attached hydrogen (secondary N) is 1. The summed E-state index contributed by atoms with van der Waals surface area (Å²) >= 11 is 0. The first-order valence-electron chi connectivity index (χ1n) is 6.72. The van der Waals surface area contributed by atoms with Gasteiger partial charge in [-0.3, -0.25) is 4.79 Å². The molecule has 1 N–H and O–H groups in total. The Bertz CT molecular complexity index is 596. The lowest BCUT2D eigenvalue weighted by atomic mass is 10.0. The predicted molar refractivity (Wildman–Crippen MR) is 81.4 cm³/mol. The fraction of sp³-hybridized carbons (Fsp3) is 0.400. The van der Waals surface area contributed by atoms with Gasteiger partial charge in [-0.25, -0.2) is 0 Å². The second-order valence-corrected chi connectivity index (χ2v) is 5.02. The van der Waals surface area contributed by atoms with E-state index in [-0.39, 0.29) is 18.3 Å². The standard InChI is InChI=1S/C15H18N2O2.ClH/c1-16-11-5-4-8-17(9-11)15(18)13-10-19-14-7-3-2-6-12(13)14;/h2-3,6-7,10-11,16H,4-5,8-9H2,1H3;1H. The first-order valence-corrected chi connectivity index (χ1v) is 6.72. The van der Waals surface area contributed by atoms with Crippen LogP contribution in [-0.2, 0) is 0 Å². The van der Waals surface area contributed by atoms with E-state index >= 15 is 0 Å². The minimum atomic E-state index is 0. The summed E-state index contributed by atoms with van der Waals surface area (Å²) in [5, 5.41) is 4.16. The minimum Gasteiger partial charge on any atom is -0.463 e.